The summed E-state index contributed by atoms with van der Waals surface area (Å²) in [5, 5.41) is 0.419. The molecule has 0 radical (unpaired) electrons. The van der Waals surface area contributed by atoms with Crippen molar-refractivity contribution >= 4 is 11.0 Å². The van der Waals surface area contributed by atoms with E-state index >= 15 is 0 Å². The van der Waals surface area contributed by atoms with Crippen molar-refractivity contribution < 1.29 is 23.4 Å². The molecule has 0 atom stereocenters. The first-order valence-corrected chi connectivity index (χ1v) is 7.29. The van der Waals surface area contributed by atoms with E-state index < -0.39 is 0 Å². The van der Waals surface area contributed by atoms with Crippen LogP contribution in [0.1, 0.15) is 0 Å². The minimum Gasteiger partial charge on any atom is -0.493 e. The van der Waals surface area contributed by atoms with Crippen LogP contribution in [0.2, 0.25) is 0 Å². The molecule has 6 heteroatoms. The molecule has 0 unspecified atom stereocenters. The highest BCUT2D eigenvalue weighted by atomic mass is 16.7. The molecule has 2 heterocycles. The summed E-state index contributed by atoms with van der Waals surface area (Å²) >= 11 is 0. The van der Waals surface area contributed by atoms with Gasteiger partial charge in [0, 0.05) is 0 Å². The topological polar surface area (TPSA) is 67.1 Å². The van der Waals surface area contributed by atoms with Crippen molar-refractivity contribution in [3.05, 3.63) is 46.8 Å². The molecule has 0 bridgehead atoms. The summed E-state index contributed by atoms with van der Waals surface area (Å²) in [7, 11) is 3.03. The zero-order chi connectivity index (χ0) is 16.7. The monoisotopic (exact) mass is 326 g/mol. The fourth-order valence-electron chi connectivity index (χ4n) is 2.77. The highest BCUT2D eigenvalue weighted by molar-refractivity contribution is 5.88. The van der Waals surface area contributed by atoms with Gasteiger partial charge >= 0.3 is 0 Å². The highest BCUT2D eigenvalue weighted by Gasteiger charge is 2.18. The normalized spacial score (nSPS) is 12.4. The van der Waals surface area contributed by atoms with Crippen LogP contribution in [0.3, 0.4) is 0 Å². The second-order valence-corrected chi connectivity index (χ2v) is 5.22. The van der Waals surface area contributed by atoms with Crippen molar-refractivity contribution in [3.63, 3.8) is 0 Å². The number of hydrogen-bond acceptors (Lipinski definition) is 6. The van der Waals surface area contributed by atoms with Gasteiger partial charge in [0.05, 0.1) is 25.2 Å². The third-order valence-corrected chi connectivity index (χ3v) is 3.97. The van der Waals surface area contributed by atoms with Crippen molar-refractivity contribution in [2.45, 2.75) is 0 Å². The van der Waals surface area contributed by atoms with Gasteiger partial charge in [-0.25, -0.2) is 0 Å². The van der Waals surface area contributed by atoms with E-state index in [1.807, 2.05) is 0 Å². The smallest absolute Gasteiger partial charge is 0.231 e. The van der Waals surface area contributed by atoms with Crippen LogP contribution in [0, 0.1) is 0 Å². The summed E-state index contributed by atoms with van der Waals surface area (Å²) in [6.45, 7) is 0.183. The fourth-order valence-corrected chi connectivity index (χ4v) is 2.77. The van der Waals surface area contributed by atoms with Crippen molar-refractivity contribution in [2.24, 2.45) is 0 Å². The Kier molecular flexibility index (Phi) is 3.30. The quantitative estimate of drug-likeness (QED) is 0.736. The van der Waals surface area contributed by atoms with E-state index in [0.29, 0.717) is 45.1 Å². The lowest BCUT2D eigenvalue weighted by Crippen LogP contribution is -2.06. The van der Waals surface area contributed by atoms with Crippen LogP contribution in [0.4, 0.5) is 0 Å². The first-order valence-electron chi connectivity index (χ1n) is 7.29. The molecule has 0 N–H and O–H groups in total. The molecule has 24 heavy (non-hydrogen) atoms. The van der Waals surface area contributed by atoms with Crippen LogP contribution in [0.25, 0.3) is 22.1 Å². The molecule has 4 rings (SSSR count). The van der Waals surface area contributed by atoms with Gasteiger partial charge in [-0.3, -0.25) is 4.79 Å². The highest BCUT2D eigenvalue weighted by Crippen LogP contribution is 2.37. The Morgan fingerprint density at radius 1 is 1.00 bits per heavy atom. The van der Waals surface area contributed by atoms with Gasteiger partial charge in [-0.15, -0.1) is 0 Å². The Balaban J connectivity index is 1.92. The molecule has 0 saturated carbocycles. The lowest BCUT2D eigenvalue weighted by atomic mass is 10.0. The Labute approximate surface area is 137 Å². The van der Waals surface area contributed by atoms with Gasteiger partial charge < -0.3 is 23.4 Å². The van der Waals surface area contributed by atoms with Crippen LogP contribution >= 0.6 is 0 Å². The number of methoxy groups -OCH3 is 2. The molecule has 2 aromatic carbocycles. The molecule has 0 aliphatic carbocycles. The molecule has 0 fully saturated rings. The minimum atomic E-state index is -0.156. The van der Waals surface area contributed by atoms with Gasteiger partial charge in [-0.05, 0) is 29.8 Å². The first-order chi connectivity index (χ1) is 11.7. The number of ether oxygens (including phenoxy) is 4. The average Bonchev–Trinajstić information content (AvgIpc) is 3.08. The SMILES string of the molecule is COc1ccc2c(=O)c(-c3ccc4c(c3)OCO4)coc2c1OC. The maximum atomic E-state index is 12.9. The molecule has 122 valence electrons. The van der Waals surface area contributed by atoms with Gasteiger partial charge in [0.1, 0.15) is 6.26 Å². The van der Waals surface area contributed by atoms with Crippen LogP contribution in [0.15, 0.2) is 45.8 Å². The predicted molar refractivity (Wildman–Crippen MR) is 87.1 cm³/mol. The zero-order valence-corrected chi connectivity index (χ0v) is 13.1. The second-order valence-electron chi connectivity index (χ2n) is 5.22. The summed E-state index contributed by atoms with van der Waals surface area (Å²) < 4.78 is 26.9. The minimum absolute atomic E-state index is 0.156. The van der Waals surface area contributed by atoms with Crippen LogP contribution in [-0.4, -0.2) is 21.0 Å². The third-order valence-electron chi connectivity index (χ3n) is 3.97. The molecule has 6 nitrogen and oxygen atoms in total. The summed E-state index contributed by atoms with van der Waals surface area (Å²) in [6, 6.07) is 8.68. The lowest BCUT2D eigenvalue weighted by molar-refractivity contribution is 0.174. The Morgan fingerprint density at radius 3 is 2.62 bits per heavy atom. The molecule has 0 saturated heterocycles. The second kappa shape index (κ2) is 5.49. The van der Waals surface area contributed by atoms with Crippen molar-refractivity contribution in [2.75, 3.05) is 21.0 Å². The molecule has 1 aliphatic rings. The standard InChI is InChI=1S/C18H14O6/c1-20-14-6-4-11-16(19)12(8-22-17(11)18(14)21-2)10-3-5-13-15(7-10)24-9-23-13/h3-8H,9H2,1-2H3. The maximum absolute atomic E-state index is 12.9. The van der Waals surface area contributed by atoms with Gasteiger partial charge in [-0.2, -0.15) is 0 Å². The fraction of sp³-hybridized carbons (Fsp3) is 0.167. The Morgan fingerprint density at radius 2 is 1.83 bits per heavy atom. The van der Waals surface area contributed by atoms with Gasteiger partial charge in [0.2, 0.25) is 18.0 Å². The van der Waals surface area contributed by atoms with Crippen LogP contribution in [0.5, 0.6) is 23.0 Å². The number of hydrogen-bond donors (Lipinski definition) is 0. The summed E-state index contributed by atoms with van der Waals surface area (Å²) in [6.07, 6.45) is 1.42. The van der Waals surface area contributed by atoms with Crippen molar-refractivity contribution in [3.8, 4) is 34.1 Å². The van der Waals surface area contributed by atoms with Gasteiger partial charge in [0.25, 0.3) is 0 Å². The van der Waals surface area contributed by atoms with E-state index in [2.05, 4.69) is 0 Å². The molecule has 0 amide bonds. The van der Waals surface area contributed by atoms with Crippen molar-refractivity contribution in [1.82, 2.24) is 0 Å². The number of fused-ring (bicyclic) bond motifs is 2. The number of benzene rings is 2. The summed E-state index contributed by atoms with van der Waals surface area (Å²) in [5.41, 5.74) is 1.33. The first kappa shape index (κ1) is 14.4. The molecular weight excluding hydrogens is 312 g/mol. The van der Waals surface area contributed by atoms with E-state index in [4.69, 9.17) is 23.4 Å². The van der Waals surface area contributed by atoms with Gasteiger partial charge in [-0.1, -0.05) is 6.07 Å². The average molecular weight is 326 g/mol. The molecule has 1 aromatic heterocycles. The molecule has 0 spiro atoms. The van der Waals surface area contributed by atoms with Crippen LogP contribution < -0.4 is 24.4 Å². The predicted octanol–water partition coefficient (Wildman–Crippen LogP) is 3.21. The zero-order valence-electron chi connectivity index (χ0n) is 13.1. The van der Waals surface area contributed by atoms with E-state index in [-0.39, 0.29) is 12.2 Å². The van der Waals surface area contributed by atoms with Crippen molar-refractivity contribution in [1.29, 1.82) is 0 Å². The van der Waals surface area contributed by atoms with E-state index in [1.54, 1.807) is 30.3 Å². The largest absolute Gasteiger partial charge is 0.493 e. The molecule has 3 aromatic rings. The van der Waals surface area contributed by atoms with Gasteiger partial charge in [0.15, 0.2) is 22.8 Å². The Hall–Kier alpha value is -3.15. The summed E-state index contributed by atoms with van der Waals surface area (Å²) in [4.78, 5) is 12.9. The van der Waals surface area contributed by atoms with E-state index in [9.17, 15) is 4.79 Å². The molecular formula is C18H14O6. The van der Waals surface area contributed by atoms with E-state index in [1.165, 1.54) is 20.5 Å². The third kappa shape index (κ3) is 2.07. The lowest BCUT2D eigenvalue weighted by Gasteiger charge is -2.10. The maximum Gasteiger partial charge on any atom is 0.231 e. The van der Waals surface area contributed by atoms with E-state index in [0.717, 1.165) is 0 Å². The summed E-state index contributed by atoms with van der Waals surface area (Å²) in [5.74, 6) is 2.17. The van der Waals surface area contributed by atoms with Crippen LogP contribution in [-0.2, 0) is 0 Å². The Bertz CT molecular complexity index is 989. The number of rotatable bonds is 3. The molecule has 1 aliphatic heterocycles.